The van der Waals surface area contributed by atoms with Crippen molar-refractivity contribution in [3.8, 4) is 22.3 Å². The highest BCUT2D eigenvalue weighted by molar-refractivity contribution is 7.13. The quantitative estimate of drug-likeness (QED) is 0.594. The maximum Gasteiger partial charge on any atom is 0.257 e. The number of thiophene rings is 1. The fourth-order valence-corrected chi connectivity index (χ4v) is 3.27. The Bertz CT molecular complexity index is 832. The van der Waals surface area contributed by atoms with Gasteiger partial charge in [0.1, 0.15) is 0 Å². The second-order valence-electron chi connectivity index (χ2n) is 6.02. The van der Waals surface area contributed by atoms with Crippen LogP contribution in [0.1, 0.15) is 24.4 Å². The molecule has 0 aliphatic heterocycles. The Morgan fingerprint density at radius 1 is 1.15 bits per heavy atom. The minimum atomic E-state index is 0.0383. The third kappa shape index (κ3) is 4.05. The highest BCUT2D eigenvalue weighted by atomic mass is 32.1. The summed E-state index contributed by atoms with van der Waals surface area (Å²) in [6, 6.07) is 10.00. The zero-order valence-corrected chi connectivity index (χ0v) is 16.2. The molecule has 0 saturated carbocycles. The van der Waals surface area contributed by atoms with Crippen molar-refractivity contribution in [1.82, 2.24) is 15.1 Å². The van der Waals surface area contributed by atoms with Gasteiger partial charge in [-0.05, 0) is 49.5 Å². The smallest absolute Gasteiger partial charge is 0.257 e. The summed E-state index contributed by atoms with van der Waals surface area (Å²) in [4.78, 5) is 3.19. The minimum absolute atomic E-state index is 0.0383. The van der Waals surface area contributed by atoms with Crippen LogP contribution in [-0.4, -0.2) is 42.9 Å². The lowest BCUT2D eigenvalue weighted by Crippen LogP contribution is -2.25. The maximum atomic E-state index is 5.84. The number of ether oxygens (including phenoxy) is 2. The van der Waals surface area contributed by atoms with Gasteiger partial charge in [-0.25, -0.2) is 0 Å². The van der Waals surface area contributed by atoms with Crippen LogP contribution in [0.15, 0.2) is 40.1 Å². The van der Waals surface area contributed by atoms with Crippen molar-refractivity contribution in [2.45, 2.75) is 19.4 Å². The maximum absolute atomic E-state index is 5.84. The standard InChI is InChI=1S/C19H23N3O3S/c1-13(18-20-21-19(25-18)17-6-5-11-26-17)22(2)10-9-14-7-8-15(23-3)16(12-14)24-4/h5-8,11-13H,9-10H2,1-4H3. The van der Waals surface area contributed by atoms with Crippen LogP contribution in [-0.2, 0) is 6.42 Å². The number of nitrogens with zero attached hydrogens (tertiary/aromatic N) is 3. The highest BCUT2D eigenvalue weighted by Crippen LogP contribution is 2.29. The molecule has 0 N–H and O–H groups in total. The van der Waals surface area contributed by atoms with Gasteiger partial charge in [0.05, 0.1) is 25.1 Å². The third-order valence-electron chi connectivity index (χ3n) is 4.39. The van der Waals surface area contributed by atoms with E-state index < -0.39 is 0 Å². The van der Waals surface area contributed by atoms with Gasteiger partial charge in [-0.15, -0.1) is 21.5 Å². The molecule has 1 aromatic carbocycles. The van der Waals surface area contributed by atoms with Gasteiger partial charge in [0, 0.05) is 6.54 Å². The zero-order valence-electron chi connectivity index (χ0n) is 15.4. The highest BCUT2D eigenvalue weighted by Gasteiger charge is 2.19. The molecule has 6 nitrogen and oxygen atoms in total. The predicted octanol–water partition coefficient (Wildman–Crippen LogP) is 4.05. The summed E-state index contributed by atoms with van der Waals surface area (Å²) in [5.41, 5.74) is 1.19. The van der Waals surface area contributed by atoms with Crippen molar-refractivity contribution in [3.05, 3.63) is 47.2 Å². The van der Waals surface area contributed by atoms with E-state index in [1.54, 1.807) is 25.6 Å². The number of hydrogen-bond donors (Lipinski definition) is 0. The normalized spacial score (nSPS) is 12.3. The molecule has 1 atom stereocenters. The molecule has 1 unspecified atom stereocenters. The molecule has 0 bridgehead atoms. The van der Waals surface area contributed by atoms with Gasteiger partial charge in [-0.3, -0.25) is 4.90 Å². The molecule has 0 fully saturated rings. The number of methoxy groups -OCH3 is 2. The minimum Gasteiger partial charge on any atom is -0.493 e. The average molecular weight is 373 g/mol. The molecule has 0 amide bonds. The van der Waals surface area contributed by atoms with Gasteiger partial charge < -0.3 is 13.9 Å². The Morgan fingerprint density at radius 3 is 2.65 bits per heavy atom. The monoisotopic (exact) mass is 373 g/mol. The fourth-order valence-electron chi connectivity index (χ4n) is 2.63. The van der Waals surface area contributed by atoms with E-state index in [1.807, 2.05) is 29.6 Å². The molecule has 0 aliphatic carbocycles. The third-order valence-corrected chi connectivity index (χ3v) is 5.25. The first-order valence-electron chi connectivity index (χ1n) is 8.40. The van der Waals surface area contributed by atoms with Crippen LogP contribution >= 0.6 is 11.3 Å². The van der Waals surface area contributed by atoms with Gasteiger partial charge in [0.25, 0.3) is 5.89 Å². The predicted molar refractivity (Wildman–Crippen MR) is 102 cm³/mol. The van der Waals surface area contributed by atoms with E-state index in [-0.39, 0.29) is 6.04 Å². The van der Waals surface area contributed by atoms with E-state index in [1.165, 1.54) is 5.56 Å². The first-order valence-corrected chi connectivity index (χ1v) is 9.28. The Balaban J connectivity index is 1.62. The van der Waals surface area contributed by atoms with Crippen molar-refractivity contribution in [3.63, 3.8) is 0 Å². The molecule has 2 heterocycles. The number of hydrogen-bond acceptors (Lipinski definition) is 7. The van der Waals surface area contributed by atoms with E-state index in [0.717, 1.165) is 29.3 Å². The van der Waals surface area contributed by atoms with Gasteiger partial charge in [-0.2, -0.15) is 0 Å². The van der Waals surface area contributed by atoms with Crippen LogP contribution in [0.5, 0.6) is 11.5 Å². The van der Waals surface area contributed by atoms with Crippen LogP contribution in [0.2, 0.25) is 0 Å². The summed E-state index contributed by atoms with van der Waals surface area (Å²) in [6.07, 6.45) is 0.882. The summed E-state index contributed by atoms with van der Waals surface area (Å²) >= 11 is 1.59. The summed E-state index contributed by atoms with van der Waals surface area (Å²) in [6.45, 7) is 2.92. The van der Waals surface area contributed by atoms with Crippen LogP contribution < -0.4 is 9.47 Å². The second-order valence-corrected chi connectivity index (χ2v) is 6.97. The molecular formula is C19H23N3O3S. The lowest BCUT2D eigenvalue weighted by Gasteiger charge is -2.21. The number of aromatic nitrogens is 2. The Hall–Kier alpha value is -2.38. The molecular weight excluding hydrogens is 350 g/mol. The lowest BCUT2D eigenvalue weighted by molar-refractivity contribution is 0.228. The van der Waals surface area contributed by atoms with Gasteiger partial charge in [-0.1, -0.05) is 12.1 Å². The first kappa shape index (κ1) is 18.4. The molecule has 26 heavy (non-hydrogen) atoms. The SMILES string of the molecule is COc1ccc(CCN(C)C(C)c2nnc(-c3cccs3)o2)cc1OC. The fraction of sp³-hybridized carbons (Fsp3) is 0.368. The number of benzene rings is 1. The summed E-state index contributed by atoms with van der Waals surface area (Å²) in [5.74, 6) is 2.70. The van der Waals surface area contributed by atoms with Gasteiger partial charge in [0.2, 0.25) is 5.89 Å². The Morgan fingerprint density at radius 2 is 1.96 bits per heavy atom. The average Bonchev–Trinajstić information content (AvgIpc) is 3.36. The summed E-state index contributed by atoms with van der Waals surface area (Å²) in [7, 11) is 5.35. The number of rotatable bonds is 8. The van der Waals surface area contributed by atoms with Crippen LogP contribution in [0.4, 0.5) is 0 Å². The molecule has 0 saturated heterocycles. The number of likely N-dealkylation sites (N-methyl/N-ethyl adjacent to an activating group) is 1. The molecule has 3 rings (SSSR count). The molecule has 0 radical (unpaired) electrons. The van der Waals surface area contributed by atoms with Crippen molar-refractivity contribution in [1.29, 1.82) is 0 Å². The Labute approximate surface area is 157 Å². The topological polar surface area (TPSA) is 60.6 Å². The molecule has 3 aromatic rings. The molecule has 0 spiro atoms. The second kappa shape index (κ2) is 8.33. The first-order chi connectivity index (χ1) is 12.6. The van der Waals surface area contributed by atoms with Crippen LogP contribution in [0.25, 0.3) is 10.8 Å². The van der Waals surface area contributed by atoms with Gasteiger partial charge in [0.15, 0.2) is 11.5 Å². The largest absolute Gasteiger partial charge is 0.493 e. The van der Waals surface area contributed by atoms with E-state index in [2.05, 4.69) is 35.1 Å². The molecule has 7 heteroatoms. The van der Waals surface area contributed by atoms with E-state index in [9.17, 15) is 0 Å². The van der Waals surface area contributed by atoms with Crippen LogP contribution in [0.3, 0.4) is 0 Å². The molecule has 2 aromatic heterocycles. The molecule has 0 aliphatic rings. The van der Waals surface area contributed by atoms with E-state index in [4.69, 9.17) is 13.9 Å². The van der Waals surface area contributed by atoms with Crippen molar-refractivity contribution >= 4 is 11.3 Å². The Kier molecular flexibility index (Phi) is 5.90. The van der Waals surface area contributed by atoms with Crippen molar-refractivity contribution in [2.24, 2.45) is 0 Å². The summed E-state index contributed by atoms with van der Waals surface area (Å²) in [5, 5.41) is 10.4. The van der Waals surface area contributed by atoms with Crippen molar-refractivity contribution in [2.75, 3.05) is 27.8 Å². The van der Waals surface area contributed by atoms with Crippen LogP contribution in [0, 0.1) is 0 Å². The van der Waals surface area contributed by atoms with Gasteiger partial charge >= 0.3 is 0 Å². The zero-order chi connectivity index (χ0) is 18.5. The van der Waals surface area contributed by atoms with Crippen molar-refractivity contribution < 1.29 is 13.9 Å². The molecule has 138 valence electrons. The van der Waals surface area contributed by atoms with E-state index in [0.29, 0.717) is 11.8 Å². The lowest BCUT2D eigenvalue weighted by atomic mass is 10.1. The van der Waals surface area contributed by atoms with E-state index >= 15 is 0 Å². The summed E-state index contributed by atoms with van der Waals surface area (Å²) < 4.78 is 16.5.